The number of nitrogens with zero attached hydrogens (tertiary/aromatic N) is 4. The van der Waals surface area contributed by atoms with E-state index in [0.717, 1.165) is 69.7 Å². The van der Waals surface area contributed by atoms with Gasteiger partial charge in [0.25, 0.3) is 0 Å². The Balaban J connectivity index is 1.13. The van der Waals surface area contributed by atoms with Crippen LogP contribution in [0.1, 0.15) is 47.6 Å². The first-order chi connectivity index (χ1) is 31.2. The number of allylic oxidation sites excluding steroid dienone is 4. The van der Waals surface area contributed by atoms with Crippen LogP contribution in [-0.4, -0.2) is 0 Å². The van der Waals surface area contributed by atoms with E-state index in [1.165, 1.54) is 44.8 Å². The number of benzene rings is 8. The SMILES string of the molecule is CC1=CC=C(N(c2ccc(C)cc2)c2ccc(N(c3ccc(N(c4ccc(C)cc4)c4ccc(C)cc4)cc3)c3ccc(N(c4ccc(C)cc4)c4ccc(C)cc4)cc3)cc2)CC1. The van der Waals surface area contributed by atoms with Gasteiger partial charge in [-0.25, -0.2) is 0 Å². The summed E-state index contributed by atoms with van der Waals surface area (Å²) in [5.41, 5.74) is 21.1. The highest BCUT2D eigenvalue weighted by atomic mass is 15.2. The molecule has 9 rings (SSSR count). The summed E-state index contributed by atoms with van der Waals surface area (Å²) in [4.78, 5) is 9.44. The molecule has 4 nitrogen and oxygen atoms in total. The van der Waals surface area contributed by atoms with Crippen molar-refractivity contribution in [2.75, 3.05) is 19.6 Å². The van der Waals surface area contributed by atoms with Crippen molar-refractivity contribution in [3.8, 4) is 0 Å². The van der Waals surface area contributed by atoms with Crippen LogP contribution >= 0.6 is 0 Å². The molecule has 0 N–H and O–H groups in total. The van der Waals surface area contributed by atoms with Gasteiger partial charge in [-0.3, -0.25) is 0 Å². The van der Waals surface area contributed by atoms with Gasteiger partial charge >= 0.3 is 0 Å². The fourth-order valence-electron chi connectivity index (χ4n) is 8.46. The van der Waals surface area contributed by atoms with E-state index in [2.05, 4.69) is 267 Å². The minimum atomic E-state index is 0.993. The number of aryl methyl sites for hydroxylation is 5. The second-order valence-electron chi connectivity index (χ2n) is 17.2. The molecule has 0 heterocycles. The smallest absolute Gasteiger partial charge is 0.0463 e. The van der Waals surface area contributed by atoms with Crippen molar-refractivity contribution in [3.05, 3.63) is 245 Å². The number of anilines is 11. The molecule has 0 spiro atoms. The van der Waals surface area contributed by atoms with Crippen LogP contribution in [0.25, 0.3) is 0 Å². The van der Waals surface area contributed by atoms with Crippen LogP contribution in [0.2, 0.25) is 0 Å². The third-order valence-electron chi connectivity index (χ3n) is 12.2. The molecule has 64 heavy (non-hydrogen) atoms. The number of rotatable bonds is 12. The van der Waals surface area contributed by atoms with E-state index < -0.39 is 0 Å². The Kier molecular flexibility index (Phi) is 12.0. The Bertz CT molecular complexity index is 2640. The van der Waals surface area contributed by atoms with Crippen LogP contribution < -0.4 is 19.6 Å². The molecule has 0 atom stereocenters. The second kappa shape index (κ2) is 18.4. The van der Waals surface area contributed by atoms with Crippen molar-refractivity contribution in [2.24, 2.45) is 0 Å². The quantitative estimate of drug-likeness (QED) is 0.122. The molecule has 1 aliphatic rings. The summed E-state index contributed by atoms with van der Waals surface area (Å²) in [6.07, 6.45) is 6.60. The maximum absolute atomic E-state index is 2.41. The Morgan fingerprint density at radius 1 is 0.219 bits per heavy atom. The van der Waals surface area contributed by atoms with Gasteiger partial charge in [0.05, 0.1) is 0 Å². The zero-order valence-electron chi connectivity index (χ0n) is 37.8. The van der Waals surface area contributed by atoms with Gasteiger partial charge in [-0.15, -0.1) is 0 Å². The van der Waals surface area contributed by atoms with Gasteiger partial charge in [0.1, 0.15) is 0 Å². The molecule has 0 saturated heterocycles. The van der Waals surface area contributed by atoms with Crippen LogP contribution in [-0.2, 0) is 0 Å². The molecule has 4 heteroatoms. The highest BCUT2D eigenvalue weighted by molar-refractivity contribution is 5.84. The molecule has 0 unspecified atom stereocenters. The first-order valence-corrected chi connectivity index (χ1v) is 22.4. The van der Waals surface area contributed by atoms with Crippen molar-refractivity contribution in [2.45, 2.75) is 54.4 Å². The molecule has 0 amide bonds. The normalized spacial score (nSPS) is 12.3. The van der Waals surface area contributed by atoms with Gasteiger partial charge in [0, 0.05) is 68.3 Å². The lowest BCUT2D eigenvalue weighted by Gasteiger charge is -2.31. The van der Waals surface area contributed by atoms with E-state index >= 15 is 0 Å². The molecular weight excluding hydrogens is 777 g/mol. The Morgan fingerprint density at radius 2 is 0.406 bits per heavy atom. The summed E-state index contributed by atoms with van der Waals surface area (Å²) in [6, 6.07) is 71.0. The van der Waals surface area contributed by atoms with E-state index in [4.69, 9.17) is 0 Å². The van der Waals surface area contributed by atoms with Gasteiger partial charge in [-0.1, -0.05) is 100 Å². The molecule has 0 fully saturated rings. The zero-order chi connectivity index (χ0) is 44.2. The molecule has 0 radical (unpaired) electrons. The van der Waals surface area contributed by atoms with E-state index in [1.807, 2.05) is 0 Å². The predicted octanol–water partition coefficient (Wildman–Crippen LogP) is 17.4. The fourth-order valence-corrected chi connectivity index (χ4v) is 8.46. The zero-order valence-corrected chi connectivity index (χ0v) is 37.8. The Morgan fingerprint density at radius 3 is 0.594 bits per heavy atom. The van der Waals surface area contributed by atoms with Crippen LogP contribution in [0.15, 0.2) is 218 Å². The summed E-state index contributed by atoms with van der Waals surface area (Å²) in [7, 11) is 0. The van der Waals surface area contributed by atoms with E-state index in [-0.39, 0.29) is 0 Å². The predicted molar refractivity (Wildman–Crippen MR) is 274 cm³/mol. The van der Waals surface area contributed by atoms with Gasteiger partial charge in [-0.2, -0.15) is 0 Å². The highest BCUT2D eigenvalue weighted by Crippen LogP contribution is 2.43. The molecule has 8 aromatic carbocycles. The minimum absolute atomic E-state index is 0.993. The minimum Gasteiger partial charge on any atom is -0.314 e. The molecule has 316 valence electrons. The average molecular weight is 833 g/mol. The topological polar surface area (TPSA) is 13.0 Å². The Labute approximate surface area is 380 Å². The molecule has 0 saturated carbocycles. The molecule has 8 aromatic rings. The fraction of sp³-hybridized carbons (Fsp3) is 0.133. The van der Waals surface area contributed by atoms with Crippen molar-refractivity contribution in [3.63, 3.8) is 0 Å². The summed E-state index contributed by atoms with van der Waals surface area (Å²) >= 11 is 0. The molecular formula is C60H56N4. The van der Waals surface area contributed by atoms with Crippen molar-refractivity contribution >= 4 is 62.6 Å². The summed E-state index contributed by atoms with van der Waals surface area (Å²) in [6.45, 7) is 12.9. The van der Waals surface area contributed by atoms with Gasteiger partial charge < -0.3 is 19.6 Å². The van der Waals surface area contributed by atoms with E-state index in [9.17, 15) is 0 Å². The standard InChI is InChI=1S/C60H56N4/c1-43-7-19-49(20-8-43)61(50-21-9-44(2)10-22-50)55-31-37-58(38-32-55)64(59-39-33-56(34-40-59)62(51-23-11-45(3)12-24-51)52-25-13-46(4)14-26-52)60-41-35-57(36-42-60)63(53-27-15-47(5)16-28-53)54-29-17-48(6)18-30-54/h7-17,19-29,31-42H,18,30H2,1-6H3. The van der Waals surface area contributed by atoms with Crippen LogP contribution in [0.3, 0.4) is 0 Å². The van der Waals surface area contributed by atoms with Crippen molar-refractivity contribution in [1.29, 1.82) is 0 Å². The molecule has 1 aliphatic carbocycles. The first-order valence-electron chi connectivity index (χ1n) is 22.4. The third kappa shape index (κ3) is 9.14. The largest absolute Gasteiger partial charge is 0.314 e. The van der Waals surface area contributed by atoms with E-state index in [1.54, 1.807) is 0 Å². The van der Waals surface area contributed by atoms with Crippen molar-refractivity contribution < 1.29 is 0 Å². The second-order valence-corrected chi connectivity index (χ2v) is 17.2. The number of hydrogen-bond acceptors (Lipinski definition) is 4. The average Bonchev–Trinajstić information content (AvgIpc) is 3.32. The summed E-state index contributed by atoms with van der Waals surface area (Å²) in [5.74, 6) is 0. The van der Waals surface area contributed by atoms with Crippen LogP contribution in [0, 0.1) is 34.6 Å². The lowest BCUT2D eigenvalue weighted by atomic mass is 10.0. The highest BCUT2D eigenvalue weighted by Gasteiger charge is 2.21. The lowest BCUT2D eigenvalue weighted by Crippen LogP contribution is -2.18. The Hall–Kier alpha value is -7.56. The van der Waals surface area contributed by atoms with Gasteiger partial charge in [0.2, 0.25) is 0 Å². The maximum Gasteiger partial charge on any atom is 0.0463 e. The monoisotopic (exact) mass is 832 g/mol. The molecule has 0 aromatic heterocycles. The maximum atomic E-state index is 2.41. The summed E-state index contributed by atoms with van der Waals surface area (Å²) in [5, 5.41) is 0. The molecule has 0 bridgehead atoms. The number of hydrogen-bond donors (Lipinski definition) is 0. The lowest BCUT2D eigenvalue weighted by molar-refractivity contribution is 0.874. The molecule has 0 aliphatic heterocycles. The van der Waals surface area contributed by atoms with Gasteiger partial charge in [-0.05, 0) is 194 Å². The van der Waals surface area contributed by atoms with E-state index in [0.29, 0.717) is 0 Å². The van der Waals surface area contributed by atoms with Crippen LogP contribution in [0.4, 0.5) is 62.6 Å². The third-order valence-corrected chi connectivity index (χ3v) is 12.2. The van der Waals surface area contributed by atoms with Crippen molar-refractivity contribution in [1.82, 2.24) is 0 Å². The first kappa shape index (κ1) is 41.8. The van der Waals surface area contributed by atoms with Crippen LogP contribution in [0.5, 0.6) is 0 Å². The van der Waals surface area contributed by atoms with Gasteiger partial charge in [0.15, 0.2) is 0 Å². The summed E-state index contributed by atoms with van der Waals surface area (Å²) < 4.78 is 0.